The second kappa shape index (κ2) is 18.8. The first-order valence-electron chi connectivity index (χ1n) is 19.4. The molecule has 3 heterocycles. The van der Waals surface area contributed by atoms with E-state index in [9.17, 15) is 14.9 Å². The number of unbranched alkanes of at least 4 members (excludes halogenated alkanes) is 15. The molecular formula is C43H57N3O4S. The third-order valence-electron chi connectivity index (χ3n) is 10.8. The lowest BCUT2D eigenvalue weighted by molar-refractivity contribution is -0.136. The number of rotatable bonds is 22. The van der Waals surface area contributed by atoms with Gasteiger partial charge < -0.3 is 14.0 Å². The quantitative estimate of drug-likeness (QED) is 0.0586. The third-order valence-corrected chi connectivity index (χ3v) is 12.3. The number of nitriles is 1. The van der Waals surface area contributed by atoms with Gasteiger partial charge in [-0.3, -0.25) is 14.5 Å². The van der Waals surface area contributed by atoms with Crippen molar-refractivity contribution in [3.05, 3.63) is 64.9 Å². The van der Waals surface area contributed by atoms with Gasteiger partial charge in [-0.1, -0.05) is 133 Å². The minimum Gasteiger partial charge on any atom is -0.497 e. The van der Waals surface area contributed by atoms with Gasteiger partial charge in [0.05, 0.1) is 24.3 Å². The third kappa shape index (κ3) is 8.75. The second-order valence-electron chi connectivity index (χ2n) is 14.2. The van der Waals surface area contributed by atoms with E-state index in [-0.39, 0.29) is 6.54 Å². The van der Waals surface area contributed by atoms with Gasteiger partial charge in [0.2, 0.25) is 0 Å². The fourth-order valence-electron chi connectivity index (χ4n) is 7.95. The molecule has 2 aliphatic heterocycles. The number of methoxy groups -OCH3 is 2. The lowest BCUT2D eigenvalue weighted by Gasteiger charge is -2.28. The maximum atomic E-state index is 14.3. The van der Waals surface area contributed by atoms with Crippen molar-refractivity contribution in [3.8, 4) is 11.8 Å². The molecule has 3 aromatic rings. The number of aryl methyl sites for hydroxylation is 1. The van der Waals surface area contributed by atoms with Gasteiger partial charge in [-0.2, -0.15) is 5.26 Å². The number of carbonyl (C=O) groups excluding carboxylic acids is 2. The number of nitrogens with zero attached hydrogens (tertiary/aromatic N) is 3. The molecule has 7 nitrogen and oxygen atoms in total. The summed E-state index contributed by atoms with van der Waals surface area (Å²) in [5, 5.41) is 10.5. The lowest BCUT2D eigenvalue weighted by atomic mass is 9.92. The van der Waals surface area contributed by atoms with Crippen molar-refractivity contribution in [2.45, 2.75) is 139 Å². The van der Waals surface area contributed by atoms with Crippen molar-refractivity contribution in [3.63, 3.8) is 0 Å². The number of hydrogen-bond donors (Lipinski definition) is 0. The molecule has 0 saturated carbocycles. The Morgan fingerprint density at radius 2 is 1.43 bits per heavy atom. The van der Waals surface area contributed by atoms with Crippen LogP contribution in [0, 0.1) is 18.3 Å². The maximum absolute atomic E-state index is 14.3. The zero-order valence-electron chi connectivity index (χ0n) is 31.4. The summed E-state index contributed by atoms with van der Waals surface area (Å²) in [5.74, 6) is -0.225. The molecule has 51 heavy (non-hydrogen) atoms. The summed E-state index contributed by atoms with van der Waals surface area (Å²) in [6.07, 6.45) is 21.6. The molecule has 1 aromatic heterocycles. The summed E-state index contributed by atoms with van der Waals surface area (Å²) in [6.45, 7) is 4.82. The summed E-state index contributed by atoms with van der Waals surface area (Å²) in [7, 11) is 3.24. The molecule has 0 fully saturated rings. The predicted octanol–water partition coefficient (Wildman–Crippen LogP) is 10.6. The molecule has 5 rings (SSSR count). The topological polar surface area (TPSA) is 84.6 Å². The molecule has 274 valence electrons. The smallest absolute Gasteiger partial charge is 0.262 e. The van der Waals surface area contributed by atoms with Crippen molar-refractivity contribution in [1.82, 2.24) is 9.47 Å². The van der Waals surface area contributed by atoms with Crippen molar-refractivity contribution < 1.29 is 19.1 Å². The number of ether oxygens (including phenoxy) is 2. The Morgan fingerprint density at radius 1 is 0.824 bits per heavy atom. The van der Waals surface area contributed by atoms with E-state index in [1.54, 1.807) is 14.2 Å². The van der Waals surface area contributed by atoms with Crippen molar-refractivity contribution in [2.75, 3.05) is 20.8 Å². The van der Waals surface area contributed by atoms with Crippen LogP contribution in [0.5, 0.6) is 5.75 Å². The van der Waals surface area contributed by atoms with E-state index < -0.39 is 16.7 Å². The predicted molar refractivity (Wildman–Crippen MR) is 208 cm³/mol. The molecule has 2 aliphatic rings. The minimum atomic E-state index is -1.09. The van der Waals surface area contributed by atoms with E-state index in [1.165, 1.54) is 102 Å². The average Bonchev–Trinajstić information content (AvgIpc) is 3.74. The number of amides is 2. The second-order valence-corrected chi connectivity index (χ2v) is 15.6. The summed E-state index contributed by atoms with van der Waals surface area (Å²) in [4.78, 5) is 29.5. The highest BCUT2D eigenvalue weighted by molar-refractivity contribution is 8.01. The fourth-order valence-corrected chi connectivity index (χ4v) is 9.33. The molecule has 0 bridgehead atoms. The van der Waals surface area contributed by atoms with E-state index >= 15 is 0 Å². The number of hydrogen-bond acceptors (Lipinski definition) is 6. The van der Waals surface area contributed by atoms with Crippen LogP contribution in [-0.4, -0.2) is 47.0 Å². The average molecular weight is 712 g/mol. The first-order valence-corrected chi connectivity index (χ1v) is 20.2. The standard InChI is InChI=1S/C43H57N3O4S/c1-5-6-7-8-9-10-11-12-13-14-15-16-17-18-19-22-28-45-32(2)38(35-30-34(49-3)25-26-36(35)45)39-40(42(48)46(29-27-44)41(39)47)43(50-4)31-33-23-20-21-24-37(33)51-43/h20-21,23-26,30H,5-19,22,28-29,31H2,1-4H3. The summed E-state index contributed by atoms with van der Waals surface area (Å²) in [5.41, 5.74) is 4.38. The minimum absolute atomic E-state index is 0.317. The molecule has 2 amide bonds. The highest BCUT2D eigenvalue weighted by Gasteiger charge is 2.53. The van der Waals surface area contributed by atoms with Crippen LogP contribution in [-0.2, 0) is 27.3 Å². The summed E-state index contributed by atoms with van der Waals surface area (Å²) < 4.78 is 14.2. The fraction of sp³-hybridized carbons (Fsp3) is 0.558. The van der Waals surface area contributed by atoms with Gasteiger partial charge in [-0.05, 0) is 43.2 Å². The zero-order valence-corrected chi connectivity index (χ0v) is 32.2. The maximum Gasteiger partial charge on any atom is 0.262 e. The van der Waals surface area contributed by atoms with Crippen molar-refractivity contribution >= 4 is 40.1 Å². The van der Waals surface area contributed by atoms with Crippen molar-refractivity contribution in [1.29, 1.82) is 5.26 Å². The Balaban J connectivity index is 1.28. The highest BCUT2D eigenvalue weighted by Crippen LogP contribution is 2.54. The molecule has 1 unspecified atom stereocenters. The SMILES string of the molecule is CCCCCCCCCCCCCCCCCCn1c(C)c(C2=C(C3(OC)Cc4ccccc4S3)C(=O)N(CC#N)C2=O)c2cc(OC)ccc21. The van der Waals surface area contributed by atoms with Crippen LogP contribution in [0.2, 0.25) is 0 Å². The molecule has 2 aromatic carbocycles. The van der Waals surface area contributed by atoms with E-state index in [0.717, 1.165) is 56.9 Å². The Kier molecular flexibility index (Phi) is 14.3. The Hall–Kier alpha value is -3.54. The molecule has 1 atom stereocenters. The Morgan fingerprint density at radius 3 is 2.00 bits per heavy atom. The Labute approximate surface area is 309 Å². The van der Waals surface area contributed by atoms with Crippen LogP contribution in [0.4, 0.5) is 0 Å². The zero-order chi connectivity index (χ0) is 36.2. The lowest BCUT2D eigenvalue weighted by Crippen LogP contribution is -2.38. The van der Waals surface area contributed by atoms with Crippen molar-refractivity contribution in [2.24, 2.45) is 0 Å². The van der Waals surface area contributed by atoms with Crippen LogP contribution in [0.3, 0.4) is 0 Å². The number of benzene rings is 2. The summed E-state index contributed by atoms with van der Waals surface area (Å²) in [6, 6.07) is 16.0. The number of aromatic nitrogens is 1. The normalized spacial score (nSPS) is 17.2. The molecular weight excluding hydrogens is 655 g/mol. The Bertz CT molecular complexity index is 1710. The summed E-state index contributed by atoms with van der Waals surface area (Å²) >= 11 is 1.47. The van der Waals surface area contributed by atoms with Gasteiger partial charge in [0.1, 0.15) is 12.3 Å². The number of fused-ring (bicyclic) bond motifs is 2. The van der Waals surface area contributed by atoms with Crippen LogP contribution >= 0.6 is 11.8 Å². The largest absolute Gasteiger partial charge is 0.497 e. The van der Waals surface area contributed by atoms with Crippen LogP contribution < -0.4 is 4.74 Å². The highest BCUT2D eigenvalue weighted by atomic mass is 32.2. The molecule has 0 N–H and O–H groups in total. The first kappa shape index (κ1) is 38.7. The van der Waals surface area contributed by atoms with E-state index in [0.29, 0.717) is 23.3 Å². The molecule has 0 saturated heterocycles. The van der Waals surface area contributed by atoms with Gasteiger partial charge in [0.15, 0.2) is 4.93 Å². The molecule has 0 radical (unpaired) electrons. The number of carbonyl (C=O) groups is 2. The van der Waals surface area contributed by atoms with Gasteiger partial charge in [0.25, 0.3) is 11.8 Å². The number of thioether (sulfide) groups is 1. The van der Waals surface area contributed by atoms with Gasteiger partial charge in [-0.15, -0.1) is 0 Å². The number of imide groups is 1. The van der Waals surface area contributed by atoms with Crippen LogP contribution in [0.15, 0.2) is 52.9 Å². The van der Waals surface area contributed by atoms with Gasteiger partial charge in [-0.25, -0.2) is 0 Å². The van der Waals surface area contributed by atoms with E-state index in [1.807, 2.05) is 49.4 Å². The first-order chi connectivity index (χ1) is 24.9. The molecule has 0 spiro atoms. The van der Waals surface area contributed by atoms with Gasteiger partial charge >= 0.3 is 0 Å². The molecule has 8 heteroatoms. The monoisotopic (exact) mass is 711 g/mol. The molecule has 0 aliphatic carbocycles. The van der Waals surface area contributed by atoms with Crippen LogP contribution in [0.25, 0.3) is 16.5 Å². The van der Waals surface area contributed by atoms with Gasteiger partial charge in [0, 0.05) is 47.1 Å². The van der Waals surface area contributed by atoms with E-state index in [4.69, 9.17) is 9.47 Å². The van der Waals surface area contributed by atoms with E-state index in [2.05, 4.69) is 17.6 Å². The van der Waals surface area contributed by atoms with Crippen LogP contribution in [0.1, 0.15) is 126 Å².